The number of nitrogens with one attached hydrogen (secondary N) is 2. The summed E-state index contributed by atoms with van der Waals surface area (Å²) in [7, 11) is 1.54. The Labute approximate surface area is 173 Å². The van der Waals surface area contributed by atoms with Crippen LogP contribution in [0.3, 0.4) is 0 Å². The van der Waals surface area contributed by atoms with Crippen LogP contribution in [0.2, 0.25) is 0 Å². The standard InChI is InChI=1S/C21H25F3N4O2/c1-13-3-8-18(30-20(23)24)15(9-13)11-27-21(26-2)28-12-16(19(25)29)10-14-4-6-17(22)7-5-14/h3-9,16,20H,10-12H2,1-2H3,(H2,25,29)(H2,26,27,28). The number of halogens is 3. The zero-order valence-corrected chi connectivity index (χ0v) is 16.8. The second kappa shape index (κ2) is 11.1. The lowest BCUT2D eigenvalue weighted by molar-refractivity contribution is -0.121. The number of amides is 1. The SMILES string of the molecule is CN=C(NCc1cc(C)ccc1OC(F)F)NCC(Cc1ccc(F)cc1)C(N)=O. The Morgan fingerprint density at radius 3 is 2.47 bits per heavy atom. The summed E-state index contributed by atoms with van der Waals surface area (Å²) in [6.07, 6.45) is 0.337. The molecule has 2 aromatic carbocycles. The van der Waals surface area contributed by atoms with Gasteiger partial charge in [-0.05, 0) is 37.1 Å². The smallest absolute Gasteiger partial charge is 0.387 e. The molecule has 0 aliphatic rings. The molecule has 0 saturated heterocycles. The number of aliphatic imine (C=N–C) groups is 1. The lowest BCUT2D eigenvalue weighted by atomic mass is 9.98. The summed E-state index contributed by atoms with van der Waals surface area (Å²) in [5.74, 6) is -0.975. The van der Waals surface area contributed by atoms with Gasteiger partial charge in [0, 0.05) is 25.7 Å². The van der Waals surface area contributed by atoms with Crippen LogP contribution in [0.5, 0.6) is 5.75 Å². The van der Waals surface area contributed by atoms with Crippen LogP contribution in [0, 0.1) is 18.7 Å². The van der Waals surface area contributed by atoms with Crippen LogP contribution < -0.4 is 21.1 Å². The Balaban J connectivity index is 1.97. The molecule has 0 spiro atoms. The van der Waals surface area contributed by atoms with Crippen molar-refractivity contribution >= 4 is 11.9 Å². The van der Waals surface area contributed by atoms with Gasteiger partial charge in [-0.2, -0.15) is 8.78 Å². The van der Waals surface area contributed by atoms with Crippen LogP contribution in [0.4, 0.5) is 13.2 Å². The van der Waals surface area contributed by atoms with Gasteiger partial charge < -0.3 is 21.1 Å². The zero-order chi connectivity index (χ0) is 22.1. The zero-order valence-electron chi connectivity index (χ0n) is 16.8. The molecule has 1 atom stereocenters. The van der Waals surface area contributed by atoms with Gasteiger partial charge in [-0.25, -0.2) is 4.39 Å². The normalized spacial score (nSPS) is 12.5. The highest BCUT2D eigenvalue weighted by atomic mass is 19.3. The van der Waals surface area contributed by atoms with Crippen molar-refractivity contribution in [3.05, 3.63) is 65.0 Å². The van der Waals surface area contributed by atoms with Gasteiger partial charge in [0.15, 0.2) is 5.96 Å². The van der Waals surface area contributed by atoms with Gasteiger partial charge >= 0.3 is 6.61 Å². The molecule has 2 rings (SSSR count). The fourth-order valence-electron chi connectivity index (χ4n) is 2.86. The maximum Gasteiger partial charge on any atom is 0.387 e. The molecule has 1 amide bonds. The number of benzene rings is 2. The molecule has 9 heteroatoms. The van der Waals surface area contributed by atoms with E-state index in [4.69, 9.17) is 5.73 Å². The number of primary amides is 1. The summed E-state index contributed by atoms with van der Waals surface area (Å²) in [6.45, 7) is -0.703. The van der Waals surface area contributed by atoms with Crippen molar-refractivity contribution in [1.82, 2.24) is 10.6 Å². The van der Waals surface area contributed by atoms with E-state index in [9.17, 15) is 18.0 Å². The minimum atomic E-state index is -2.92. The van der Waals surface area contributed by atoms with Gasteiger partial charge in [-0.15, -0.1) is 0 Å². The summed E-state index contributed by atoms with van der Waals surface area (Å²) >= 11 is 0. The van der Waals surface area contributed by atoms with Crippen LogP contribution in [0.1, 0.15) is 16.7 Å². The second-order valence-corrected chi connectivity index (χ2v) is 6.73. The highest BCUT2D eigenvalue weighted by Crippen LogP contribution is 2.22. The van der Waals surface area contributed by atoms with Crippen LogP contribution in [-0.2, 0) is 17.8 Å². The number of nitrogens with zero attached hydrogens (tertiary/aromatic N) is 1. The van der Waals surface area contributed by atoms with Crippen molar-refractivity contribution < 1.29 is 22.7 Å². The van der Waals surface area contributed by atoms with E-state index in [1.54, 1.807) is 31.3 Å². The summed E-state index contributed by atoms with van der Waals surface area (Å²) in [6, 6.07) is 10.7. The number of nitrogens with two attached hydrogens (primary N) is 1. The minimum absolute atomic E-state index is 0.0740. The average Bonchev–Trinajstić information content (AvgIpc) is 2.69. The lowest BCUT2D eigenvalue weighted by Crippen LogP contribution is -2.42. The fourth-order valence-corrected chi connectivity index (χ4v) is 2.86. The third-order valence-electron chi connectivity index (χ3n) is 4.42. The molecule has 4 N–H and O–H groups in total. The molecule has 0 aliphatic carbocycles. The van der Waals surface area contributed by atoms with Gasteiger partial charge in [-0.1, -0.05) is 29.8 Å². The number of aryl methyl sites for hydroxylation is 1. The topological polar surface area (TPSA) is 88.7 Å². The van der Waals surface area contributed by atoms with Gasteiger partial charge in [-0.3, -0.25) is 9.79 Å². The highest BCUT2D eigenvalue weighted by molar-refractivity contribution is 5.81. The average molecular weight is 422 g/mol. The second-order valence-electron chi connectivity index (χ2n) is 6.73. The third-order valence-corrected chi connectivity index (χ3v) is 4.42. The maximum absolute atomic E-state index is 13.1. The number of rotatable bonds is 9. The van der Waals surface area contributed by atoms with E-state index < -0.39 is 18.4 Å². The molecule has 2 aromatic rings. The van der Waals surface area contributed by atoms with Crippen molar-refractivity contribution in [2.75, 3.05) is 13.6 Å². The summed E-state index contributed by atoms with van der Waals surface area (Å²) in [5.41, 5.74) is 7.70. The third kappa shape index (κ3) is 7.31. The maximum atomic E-state index is 13.1. The minimum Gasteiger partial charge on any atom is -0.434 e. The van der Waals surface area contributed by atoms with Crippen LogP contribution in [0.15, 0.2) is 47.5 Å². The van der Waals surface area contributed by atoms with Crippen molar-refractivity contribution in [2.24, 2.45) is 16.6 Å². The molecule has 6 nitrogen and oxygen atoms in total. The van der Waals surface area contributed by atoms with Gasteiger partial charge in [0.05, 0.1) is 5.92 Å². The van der Waals surface area contributed by atoms with E-state index in [2.05, 4.69) is 20.4 Å². The largest absolute Gasteiger partial charge is 0.434 e. The van der Waals surface area contributed by atoms with Crippen LogP contribution in [-0.4, -0.2) is 32.1 Å². The van der Waals surface area contributed by atoms with E-state index in [0.717, 1.165) is 11.1 Å². The predicted octanol–water partition coefficient (Wildman–Crippen LogP) is 2.74. The molecule has 0 fully saturated rings. The lowest BCUT2D eigenvalue weighted by Gasteiger charge is -2.18. The molecule has 162 valence electrons. The molecule has 1 unspecified atom stereocenters. The van der Waals surface area contributed by atoms with Gasteiger partial charge in [0.25, 0.3) is 0 Å². The van der Waals surface area contributed by atoms with E-state index in [0.29, 0.717) is 17.9 Å². The Bertz CT molecular complexity index is 873. The quantitative estimate of drug-likeness (QED) is 0.428. The first kappa shape index (κ1) is 23.1. The summed E-state index contributed by atoms with van der Waals surface area (Å²) < 4.78 is 42.8. The predicted molar refractivity (Wildman–Crippen MR) is 109 cm³/mol. The molecule has 0 saturated carbocycles. The number of alkyl halides is 2. The summed E-state index contributed by atoms with van der Waals surface area (Å²) in [5, 5.41) is 6.01. The van der Waals surface area contributed by atoms with E-state index in [1.165, 1.54) is 18.2 Å². The summed E-state index contributed by atoms with van der Waals surface area (Å²) in [4.78, 5) is 15.9. The van der Waals surface area contributed by atoms with Crippen LogP contribution >= 0.6 is 0 Å². The van der Waals surface area contributed by atoms with E-state index in [-0.39, 0.29) is 24.7 Å². The van der Waals surface area contributed by atoms with Crippen molar-refractivity contribution in [3.8, 4) is 5.75 Å². The van der Waals surface area contributed by atoms with Gasteiger partial charge in [0.1, 0.15) is 11.6 Å². The molecule has 0 heterocycles. The van der Waals surface area contributed by atoms with Crippen molar-refractivity contribution in [3.63, 3.8) is 0 Å². The van der Waals surface area contributed by atoms with Crippen LogP contribution in [0.25, 0.3) is 0 Å². The fraction of sp³-hybridized carbons (Fsp3) is 0.333. The van der Waals surface area contributed by atoms with E-state index >= 15 is 0 Å². The molecular weight excluding hydrogens is 397 g/mol. The number of guanidine groups is 1. The molecular formula is C21H25F3N4O2. The molecule has 0 bridgehead atoms. The first-order valence-electron chi connectivity index (χ1n) is 9.31. The first-order chi connectivity index (χ1) is 14.3. The first-order valence-corrected chi connectivity index (χ1v) is 9.31. The number of hydrogen-bond donors (Lipinski definition) is 3. The monoisotopic (exact) mass is 422 g/mol. The Kier molecular flexibility index (Phi) is 8.52. The number of hydrogen-bond acceptors (Lipinski definition) is 3. The van der Waals surface area contributed by atoms with Crippen molar-refractivity contribution in [2.45, 2.75) is 26.5 Å². The Morgan fingerprint density at radius 2 is 1.87 bits per heavy atom. The molecule has 30 heavy (non-hydrogen) atoms. The molecule has 0 radical (unpaired) electrons. The van der Waals surface area contributed by atoms with E-state index in [1.807, 2.05) is 6.92 Å². The number of carbonyl (C=O) groups excluding carboxylic acids is 1. The van der Waals surface area contributed by atoms with Crippen molar-refractivity contribution in [1.29, 1.82) is 0 Å². The van der Waals surface area contributed by atoms with Gasteiger partial charge in [0.2, 0.25) is 5.91 Å². The molecule has 0 aromatic heterocycles. The molecule has 0 aliphatic heterocycles. The Hall–Kier alpha value is -3.23. The highest BCUT2D eigenvalue weighted by Gasteiger charge is 2.17. The number of carbonyl (C=O) groups is 1. The number of ether oxygens (including phenoxy) is 1. The Morgan fingerprint density at radius 1 is 1.17 bits per heavy atom.